The molecule has 124 valence electrons. The van der Waals surface area contributed by atoms with Crippen LogP contribution in [-0.2, 0) is 0 Å². The lowest BCUT2D eigenvalue weighted by Crippen LogP contribution is -2.44. The van der Waals surface area contributed by atoms with Gasteiger partial charge in [-0.15, -0.1) is 23.7 Å². The first kappa shape index (κ1) is 18.2. The zero-order valence-corrected chi connectivity index (χ0v) is 15.2. The molecule has 4 nitrogen and oxygen atoms in total. The van der Waals surface area contributed by atoms with Gasteiger partial charge in [-0.3, -0.25) is 4.79 Å². The first-order valence-corrected chi connectivity index (χ1v) is 8.61. The van der Waals surface area contributed by atoms with Crippen molar-refractivity contribution < 1.29 is 4.79 Å². The van der Waals surface area contributed by atoms with E-state index in [0.717, 1.165) is 36.5 Å². The maximum atomic E-state index is 12.6. The van der Waals surface area contributed by atoms with Gasteiger partial charge in [0.1, 0.15) is 10.7 Å². The summed E-state index contributed by atoms with van der Waals surface area (Å²) in [6.07, 6.45) is 1.98. The number of thiazole rings is 1. The molecule has 1 amide bonds. The molecule has 23 heavy (non-hydrogen) atoms. The Morgan fingerprint density at radius 3 is 2.74 bits per heavy atom. The average Bonchev–Trinajstić information content (AvgIpc) is 3.04. The molecule has 1 fully saturated rings. The molecular formula is C16H19Cl2N3OS. The van der Waals surface area contributed by atoms with E-state index in [4.69, 9.17) is 11.6 Å². The lowest BCUT2D eigenvalue weighted by molar-refractivity contribution is 0.0698. The number of halogens is 2. The lowest BCUT2D eigenvalue weighted by atomic mass is 10.1. The number of nitrogens with zero attached hydrogens (tertiary/aromatic N) is 2. The van der Waals surface area contributed by atoms with Crippen LogP contribution in [0.1, 0.15) is 23.3 Å². The molecule has 0 unspecified atom stereocenters. The molecule has 7 heteroatoms. The van der Waals surface area contributed by atoms with Crippen LogP contribution in [0.2, 0.25) is 5.02 Å². The Morgan fingerprint density at radius 1 is 1.35 bits per heavy atom. The predicted octanol–water partition coefficient (Wildman–Crippen LogP) is 3.71. The van der Waals surface area contributed by atoms with E-state index in [1.165, 1.54) is 11.3 Å². The van der Waals surface area contributed by atoms with Crippen molar-refractivity contribution in [2.24, 2.45) is 0 Å². The molecule has 0 bridgehead atoms. The van der Waals surface area contributed by atoms with E-state index in [1.54, 1.807) is 0 Å². The summed E-state index contributed by atoms with van der Waals surface area (Å²) >= 11 is 7.65. The summed E-state index contributed by atoms with van der Waals surface area (Å²) < 4.78 is 0. The third-order valence-electron chi connectivity index (χ3n) is 4.00. The number of benzene rings is 1. The molecule has 0 spiro atoms. The van der Waals surface area contributed by atoms with Gasteiger partial charge < -0.3 is 10.2 Å². The standard InChI is InChI=1S/C16H18ClN3OS.ClH/c1-20(11-6-8-18-9-7-11)16(21)14-10-22-15(19-14)12-4-2-3-5-13(12)17;/h2-5,10-11,18H,6-9H2,1H3;1H. The van der Waals surface area contributed by atoms with Crippen LogP contribution in [0.25, 0.3) is 10.6 Å². The van der Waals surface area contributed by atoms with Crippen LogP contribution in [0.15, 0.2) is 29.6 Å². The number of carbonyl (C=O) groups excluding carboxylic acids is 1. The van der Waals surface area contributed by atoms with Crippen LogP contribution in [0, 0.1) is 0 Å². The monoisotopic (exact) mass is 371 g/mol. The minimum atomic E-state index is -0.0125. The van der Waals surface area contributed by atoms with Crippen LogP contribution >= 0.6 is 35.3 Å². The minimum Gasteiger partial charge on any atom is -0.337 e. The number of piperidine rings is 1. The van der Waals surface area contributed by atoms with Gasteiger partial charge in [-0.2, -0.15) is 0 Å². The van der Waals surface area contributed by atoms with Crippen molar-refractivity contribution in [1.29, 1.82) is 0 Å². The van der Waals surface area contributed by atoms with Crippen LogP contribution in [-0.4, -0.2) is 42.0 Å². The SMILES string of the molecule is CN(C(=O)c1csc(-c2ccccc2Cl)n1)C1CCNCC1.Cl. The number of hydrogen-bond donors (Lipinski definition) is 1. The van der Waals surface area contributed by atoms with E-state index in [-0.39, 0.29) is 18.3 Å². The van der Waals surface area contributed by atoms with Crippen LogP contribution in [0.4, 0.5) is 0 Å². The van der Waals surface area contributed by atoms with Crippen molar-refractivity contribution in [2.45, 2.75) is 18.9 Å². The van der Waals surface area contributed by atoms with E-state index in [0.29, 0.717) is 16.8 Å². The molecule has 1 aromatic carbocycles. The molecule has 3 rings (SSSR count). The number of hydrogen-bond acceptors (Lipinski definition) is 4. The Morgan fingerprint density at radius 2 is 2.04 bits per heavy atom. The van der Waals surface area contributed by atoms with Crippen molar-refractivity contribution in [2.75, 3.05) is 20.1 Å². The smallest absolute Gasteiger partial charge is 0.273 e. The second-order valence-electron chi connectivity index (χ2n) is 5.41. The average molecular weight is 372 g/mol. The molecule has 0 saturated carbocycles. The fourth-order valence-corrected chi connectivity index (χ4v) is 3.78. The van der Waals surface area contributed by atoms with Crippen molar-refractivity contribution in [3.05, 3.63) is 40.4 Å². The predicted molar refractivity (Wildman–Crippen MR) is 97.8 cm³/mol. The fourth-order valence-electron chi connectivity index (χ4n) is 2.67. The van der Waals surface area contributed by atoms with Gasteiger partial charge in [-0.05, 0) is 32.0 Å². The summed E-state index contributed by atoms with van der Waals surface area (Å²) in [5.74, 6) is -0.0125. The Labute approximate surface area is 151 Å². The molecule has 0 radical (unpaired) electrons. The summed E-state index contributed by atoms with van der Waals surface area (Å²) in [4.78, 5) is 18.9. The van der Waals surface area contributed by atoms with Crippen LogP contribution < -0.4 is 5.32 Å². The topological polar surface area (TPSA) is 45.2 Å². The maximum absolute atomic E-state index is 12.6. The van der Waals surface area contributed by atoms with Gasteiger partial charge in [0.2, 0.25) is 0 Å². The molecule has 1 aromatic heterocycles. The van der Waals surface area contributed by atoms with Gasteiger partial charge in [0.15, 0.2) is 0 Å². The molecule has 2 heterocycles. The highest BCUT2D eigenvalue weighted by atomic mass is 35.5. The zero-order chi connectivity index (χ0) is 15.5. The largest absolute Gasteiger partial charge is 0.337 e. The fraction of sp³-hybridized carbons (Fsp3) is 0.375. The van der Waals surface area contributed by atoms with E-state index < -0.39 is 0 Å². The van der Waals surface area contributed by atoms with Crippen molar-refractivity contribution >= 4 is 41.3 Å². The Bertz CT molecular complexity index is 671. The first-order valence-electron chi connectivity index (χ1n) is 7.35. The summed E-state index contributed by atoms with van der Waals surface area (Å²) in [5, 5.41) is 6.57. The summed E-state index contributed by atoms with van der Waals surface area (Å²) in [5.41, 5.74) is 1.37. The molecule has 1 saturated heterocycles. The van der Waals surface area contributed by atoms with Gasteiger partial charge in [0.05, 0.1) is 5.02 Å². The Balaban J connectivity index is 0.00000192. The number of aromatic nitrogens is 1. The van der Waals surface area contributed by atoms with Crippen LogP contribution in [0.5, 0.6) is 0 Å². The number of nitrogens with one attached hydrogen (secondary N) is 1. The molecule has 1 N–H and O–H groups in total. The Hall–Kier alpha value is -1.14. The van der Waals surface area contributed by atoms with Crippen molar-refractivity contribution in [3.8, 4) is 10.6 Å². The van der Waals surface area contributed by atoms with E-state index in [9.17, 15) is 4.79 Å². The van der Waals surface area contributed by atoms with Gasteiger partial charge in [-0.25, -0.2) is 4.98 Å². The van der Waals surface area contributed by atoms with Gasteiger partial charge in [-0.1, -0.05) is 29.8 Å². The maximum Gasteiger partial charge on any atom is 0.273 e. The van der Waals surface area contributed by atoms with E-state index in [2.05, 4.69) is 10.3 Å². The molecule has 0 atom stereocenters. The molecular weight excluding hydrogens is 353 g/mol. The summed E-state index contributed by atoms with van der Waals surface area (Å²) in [6.45, 7) is 1.93. The first-order chi connectivity index (χ1) is 10.7. The molecule has 1 aliphatic heterocycles. The van der Waals surface area contributed by atoms with Gasteiger partial charge in [0.25, 0.3) is 5.91 Å². The lowest BCUT2D eigenvalue weighted by Gasteiger charge is -2.31. The normalized spacial score (nSPS) is 15.0. The second kappa shape index (κ2) is 8.11. The highest BCUT2D eigenvalue weighted by molar-refractivity contribution is 7.13. The molecule has 1 aliphatic rings. The third-order valence-corrected chi connectivity index (χ3v) is 5.21. The summed E-state index contributed by atoms with van der Waals surface area (Å²) in [7, 11) is 1.87. The van der Waals surface area contributed by atoms with E-state index >= 15 is 0 Å². The number of amides is 1. The number of rotatable bonds is 3. The summed E-state index contributed by atoms with van der Waals surface area (Å²) in [6, 6.07) is 7.85. The van der Waals surface area contributed by atoms with E-state index in [1.807, 2.05) is 41.6 Å². The molecule has 2 aromatic rings. The third kappa shape index (κ3) is 4.04. The van der Waals surface area contributed by atoms with Crippen molar-refractivity contribution in [3.63, 3.8) is 0 Å². The van der Waals surface area contributed by atoms with Crippen LogP contribution in [0.3, 0.4) is 0 Å². The molecule has 0 aliphatic carbocycles. The van der Waals surface area contributed by atoms with Gasteiger partial charge in [0, 0.05) is 24.0 Å². The van der Waals surface area contributed by atoms with Gasteiger partial charge >= 0.3 is 0 Å². The van der Waals surface area contributed by atoms with Crippen molar-refractivity contribution in [1.82, 2.24) is 15.2 Å². The highest BCUT2D eigenvalue weighted by Crippen LogP contribution is 2.30. The highest BCUT2D eigenvalue weighted by Gasteiger charge is 2.24. The second-order valence-corrected chi connectivity index (χ2v) is 6.68. The Kier molecular flexibility index (Phi) is 6.41. The minimum absolute atomic E-state index is 0. The number of carbonyl (C=O) groups is 1. The zero-order valence-electron chi connectivity index (χ0n) is 12.8. The quantitative estimate of drug-likeness (QED) is 0.894.